The van der Waals surface area contributed by atoms with Gasteiger partial charge in [0.15, 0.2) is 0 Å². The molecule has 0 heterocycles. The molecule has 3 aromatic rings. The first-order valence-corrected chi connectivity index (χ1v) is 11.7. The summed E-state index contributed by atoms with van der Waals surface area (Å²) >= 11 is 0. The average molecular weight is 420 g/mol. The van der Waals surface area contributed by atoms with Crippen molar-refractivity contribution in [2.45, 2.75) is 45.5 Å². The highest BCUT2D eigenvalue weighted by Gasteiger charge is 2.29. The van der Waals surface area contributed by atoms with E-state index in [0.717, 1.165) is 18.7 Å². The Kier molecular flexibility index (Phi) is 7.69. The first kappa shape index (κ1) is 22.5. The normalized spacial score (nSPS) is 13.7. The van der Waals surface area contributed by atoms with Crippen LogP contribution in [0.4, 0.5) is 0 Å². The van der Waals surface area contributed by atoms with E-state index >= 15 is 0 Å². The summed E-state index contributed by atoms with van der Waals surface area (Å²) in [5, 5.41) is 1.49. The average Bonchev–Trinajstić information content (AvgIpc) is 2.74. The monoisotopic (exact) mass is 419 g/mol. The number of benzene rings is 3. The quantitative estimate of drug-likeness (QED) is 0.379. The summed E-state index contributed by atoms with van der Waals surface area (Å²) in [7, 11) is 4.96. The van der Waals surface area contributed by atoms with E-state index in [1.165, 1.54) is 27.6 Å². The molecule has 0 aliphatic rings. The molecular weight excluding hydrogens is 385 g/mol. The zero-order valence-corrected chi connectivity index (χ0v) is 19.9. The number of nitrogens with zero attached hydrogens (tertiary/aromatic N) is 1. The summed E-state index contributed by atoms with van der Waals surface area (Å²) in [6.45, 7) is 8.42. The van der Waals surface area contributed by atoms with Crippen LogP contribution in [-0.4, -0.2) is 19.0 Å². The van der Waals surface area contributed by atoms with E-state index in [4.69, 9.17) is 4.74 Å². The molecule has 0 radical (unpaired) electrons. The molecule has 0 saturated heterocycles. The zero-order chi connectivity index (χ0) is 21.6. The largest absolute Gasteiger partial charge is 0.489 e. The number of ether oxygens (including phenoxy) is 1. The molecule has 3 rings (SSSR count). The fourth-order valence-electron chi connectivity index (χ4n) is 3.74. The zero-order valence-electron chi connectivity index (χ0n) is 18.9. The molecule has 0 aliphatic carbocycles. The molecule has 158 valence electrons. The molecule has 3 heteroatoms. The smallest absolute Gasteiger partial charge is 0.123 e. The van der Waals surface area contributed by atoms with E-state index in [0.29, 0.717) is 15.2 Å². The van der Waals surface area contributed by atoms with Gasteiger partial charge in [-0.2, -0.15) is 0 Å². The van der Waals surface area contributed by atoms with Gasteiger partial charge in [0.25, 0.3) is 0 Å². The lowest BCUT2D eigenvalue weighted by Gasteiger charge is -2.32. The molecule has 0 bridgehead atoms. The van der Waals surface area contributed by atoms with Gasteiger partial charge in [0.1, 0.15) is 12.4 Å². The van der Waals surface area contributed by atoms with Crippen LogP contribution in [0.15, 0.2) is 72.8 Å². The minimum Gasteiger partial charge on any atom is -0.489 e. The third-order valence-corrected chi connectivity index (χ3v) is 7.52. The first-order valence-electron chi connectivity index (χ1n) is 10.7. The molecule has 0 saturated carbocycles. The standard InChI is InChI=1S/C27H34NOP/c1-6-27(3,30-26-17-16-21(2)18-23(26)19-28(4)5)24-14-10-11-15-25(24)29-20-22-12-8-7-9-13-22/h7-18,30H,6,19-20H2,1-5H3. The van der Waals surface area contributed by atoms with Crippen molar-refractivity contribution in [1.82, 2.24) is 4.90 Å². The van der Waals surface area contributed by atoms with E-state index in [2.05, 4.69) is 106 Å². The van der Waals surface area contributed by atoms with Gasteiger partial charge in [0.2, 0.25) is 0 Å². The predicted octanol–water partition coefficient (Wildman–Crippen LogP) is 6.26. The van der Waals surface area contributed by atoms with Gasteiger partial charge in [-0.1, -0.05) is 94.7 Å². The molecule has 0 N–H and O–H groups in total. The Balaban J connectivity index is 1.90. The lowest BCUT2D eigenvalue weighted by Crippen LogP contribution is -2.23. The van der Waals surface area contributed by atoms with E-state index in [1.54, 1.807) is 0 Å². The highest BCUT2D eigenvalue weighted by molar-refractivity contribution is 7.48. The topological polar surface area (TPSA) is 12.5 Å². The number of rotatable bonds is 9. The van der Waals surface area contributed by atoms with Crippen LogP contribution >= 0.6 is 8.58 Å². The first-order chi connectivity index (χ1) is 14.4. The summed E-state index contributed by atoms with van der Waals surface area (Å²) in [5.41, 5.74) is 5.25. The fraction of sp³-hybridized carbons (Fsp3) is 0.333. The van der Waals surface area contributed by atoms with Crippen molar-refractivity contribution < 1.29 is 4.74 Å². The van der Waals surface area contributed by atoms with Gasteiger partial charge in [-0.25, -0.2) is 0 Å². The van der Waals surface area contributed by atoms with Gasteiger partial charge in [0, 0.05) is 17.3 Å². The van der Waals surface area contributed by atoms with Crippen molar-refractivity contribution in [3.63, 3.8) is 0 Å². The molecule has 3 aromatic carbocycles. The molecule has 2 atom stereocenters. The van der Waals surface area contributed by atoms with E-state index in [9.17, 15) is 0 Å². The van der Waals surface area contributed by atoms with Crippen LogP contribution in [0.1, 0.15) is 42.5 Å². The maximum Gasteiger partial charge on any atom is 0.123 e. The molecule has 0 aliphatic heterocycles. The van der Waals surface area contributed by atoms with Crippen LogP contribution in [0, 0.1) is 6.92 Å². The Hall–Kier alpha value is -2.15. The molecule has 2 unspecified atom stereocenters. The van der Waals surface area contributed by atoms with Gasteiger partial charge >= 0.3 is 0 Å². The third kappa shape index (κ3) is 5.72. The van der Waals surface area contributed by atoms with Crippen LogP contribution in [0.3, 0.4) is 0 Å². The summed E-state index contributed by atoms with van der Waals surface area (Å²) in [6, 6.07) is 25.9. The van der Waals surface area contributed by atoms with E-state index < -0.39 is 0 Å². The highest BCUT2D eigenvalue weighted by atomic mass is 31.1. The van der Waals surface area contributed by atoms with Crippen molar-refractivity contribution in [2.24, 2.45) is 0 Å². The molecule has 0 fully saturated rings. The Bertz CT molecular complexity index is 954. The molecule has 0 aromatic heterocycles. The van der Waals surface area contributed by atoms with Crippen molar-refractivity contribution in [1.29, 1.82) is 0 Å². The molecule has 2 nitrogen and oxygen atoms in total. The second kappa shape index (κ2) is 10.2. The van der Waals surface area contributed by atoms with Gasteiger partial charge < -0.3 is 9.64 Å². The summed E-state index contributed by atoms with van der Waals surface area (Å²) in [6.07, 6.45) is 1.06. The minimum absolute atomic E-state index is 0.0314. The van der Waals surface area contributed by atoms with Gasteiger partial charge in [-0.05, 0) is 49.9 Å². The minimum atomic E-state index is 0.0314. The fourth-order valence-corrected chi connectivity index (χ4v) is 5.33. The molecular formula is C27H34NOP. The Morgan fingerprint density at radius 3 is 2.33 bits per heavy atom. The lowest BCUT2D eigenvalue weighted by atomic mass is 9.96. The Labute approximate surface area is 184 Å². The summed E-state index contributed by atoms with van der Waals surface area (Å²) in [5.74, 6) is 1.000. The van der Waals surface area contributed by atoms with Crippen LogP contribution in [-0.2, 0) is 18.3 Å². The number of hydrogen-bond acceptors (Lipinski definition) is 2. The lowest BCUT2D eigenvalue weighted by molar-refractivity contribution is 0.300. The van der Waals surface area contributed by atoms with Gasteiger partial charge in [0.05, 0.1) is 0 Å². The summed E-state index contributed by atoms with van der Waals surface area (Å²) < 4.78 is 6.32. The van der Waals surface area contributed by atoms with E-state index in [-0.39, 0.29) is 5.16 Å². The maximum absolute atomic E-state index is 6.32. The van der Waals surface area contributed by atoms with Crippen molar-refractivity contribution in [2.75, 3.05) is 14.1 Å². The van der Waals surface area contributed by atoms with Crippen LogP contribution in [0.5, 0.6) is 5.75 Å². The van der Waals surface area contributed by atoms with Gasteiger partial charge in [-0.3, -0.25) is 0 Å². The predicted molar refractivity (Wildman–Crippen MR) is 131 cm³/mol. The SMILES string of the molecule is CCC(C)(Pc1ccc(C)cc1CN(C)C)c1ccccc1OCc1ccccc1. The molecule has 30 heavy (non-hydrogen) atoms. The van der Waals surface area contributed by atoms with Crippen molar-refractivity contribution in [3.8, 4) is 5.75 Å². The Morgan fingerprint density at radius 1 is 0.933 bits per heavy atom. The second-order valence-corrected chi connectivity index (χ2v) is 10.4. The number of para-hydroxylation sites is 1. The summed E-state index contributed by atoms with van der Waals surface area (Å²) in [4.78, 5) is 2.25. The van der Waals surface area contributed by atoms with Crippen molar-refractivity contribution in [3.05, 3.63) is 95.1 Å². The molecule has 0 spiro atoms. The highest BCUT2D eigenvalue weighted by Crippen LogP contribution is 2.47. The number of hydrogen-bond donors (Lipinski definition) is 0. The van der Waals surface area contributed by atoms with Crippen molar-refractivity contribution >= 4 is 13.9 Å². The molecule has 0 amide bonds. The number of aryl methyl sites for hydroxylation is 1. The van der Waals surface area contributed by atoms with E-state index in [1.807, 2.05) is 6.07 Å². The van der Waals surface area contributed by atoms with Crippen LogP contribution in [0.25, 0.3) is 0 Å². The Morgan fingerprint density at radius 2 is 1.63 bits per heavy atom. The van der Waals surface area contributed by atoms with Crippen LogP contribution < -0.4 is 10.0 Å². The third-order valence-electron chi connectivity index (χ3n) is 5.58. The van der Waals surface area contributed by atoms with Gasteiger partial charge in [-0.15, -0.1) is 0 Å². The maximum atomic E-state index is 6.32. The van der Waals surface area contributed by atoms with Crippen LogP contribution in [0.2, 0.25) is 0 Å². The second-order valence-electron chi connectivity index (χ2n) is 8.48.